The Morgan fingerprint density at radius 1 is 1.21 bits per heavy atom. The maximum Gasteiger partial charge on any atom is 0.220 e. The molecular formula is C19H33ClN2O2. The van der Waals surface area contributed by atoms with E-state index in [2.05, 4.69) is 44.3 Å². The Morgan fingerprint density at radius 3 is 2.50 bits per heavy atom. The monoisotopic (exact) mass is 356 g/mol. The second-order valence-electron chi connectivity index (χ2n) is 6.42. The molecule has 0 aliphatic rings. The third-order valence-electron chi connectivity index (χ3n) is 4.45. The molecule has 24 heavy (non-hydrogen) atoms. The predicted octanol–water partition coefficient (Wildman–Crippen LogP) is 3.91. The number of carbonyl (C=O) groups excluding carboxylic acids is 1. The molecule has 0 unspecified atom stereocenters. The van der Waals surface area contributed by atoms with Gasteiger partial charge in [0.25, 0.3) is 0 Å². The fraction of sp³-hybridized carbons (Fsp3) is 0.632. The van der Waals surface area contributed by atoms with Crippen LogP contribution in [-0.4, -0.2) is 24.6 Å². The molecule has 3 N–H and O–H groups in total. The van der Waals surface area contributed by atoms with E-state index in [0.29, 0.717) is 19.6 Å². The molecular weight excluding hydrogens is 324 g/mol. The van der Waals surface area contributed by atoms with Gasteiger partial charge in [-0.2, -0.15) is 0 Å². The second-order valence-corrected chi connectivity index (χ2v) is 6.42. The van der Waals surface area contributed by atoms with Crippen molar-refractivity contribution in [2.45, 2.75) is 65.3 Å². The average molecular weight is 357 g/mol. The van der Waals surface area contributed by atoms with Crippen molar-refractivity contribution in [2.75, 3.05) is 13.2 Å². The number of rotatable bonds is 10. The summed E-state index contributed by atoms with van der Waals surface area (Å²) in [5.74, 6) is 1.02. The van der Waals surface area contributed by atoms with E-state index in [1.807, 2.05) is 6.92 Å². The van der Waals surface area contributed by atoms with E-state index in [1.54, 1.807) is 0 Å². The van der Waals surface area contributed by atoms with Crippen molar-refractivity contribution in [3.63, 3.8) is 0 Å². The first-order valence-electron chi connectivity index (χ1n) is 8.66. The van der Waals surface area contributed by atoms with E-state index < -0.39 is 0 Å². The molecule has 0 bridgehead atoms. The minimum Gasteiger partial charge on any atom is -0.493 e. The molecule has 1 rings (SSSR count). The van der Waals surface area contributed by atoms with Gasteiger partial charge in [0, 0.05) is 18.5 Å². The Hall–Kier alpha value is -1.26. The van der Waals surface area contributed by atoms with Crippen LogP contribution in [-0.2, 0) is 4.79 Å². The number of nitrogens with two attached hydrogens (primary N) is 1. The van der Waals surface area contributed by atoms with Gasteiger partial charge in [-0.1, -0.05) is 26.0 Å². The summed E-state index contributed by atoms with van der Waals surface area (Å²) >= 11 is 0. The maximum absolute atomic E-state index is 11.8. The lowest BCUT2D eigenvalue weighted by Crippen LogP contribution is -2.49. The van der Waals surface area contributed by atoms with E-state index >= 15 is 0 Å². The zero-order valence-electron chi connectivity index (χ0n) is 15.5. The van der Waals surface area contributed by atoms with Crippen LogP contribution in [0.15, 0.2) is 18.2 Å². The van der Waals surface area contributed by atoms with E-state index in [1.165, 1.54) is 5.56 Å². The van der Waals surface area contributed by atoms with Crippen LogP contribution in [0.2, 0.25) is 0 Å². The largest absolute Gasteiger partial charge is 0.493 e. The molecule has 0 spiro atoms. The topological polar surface area (TPSA) is 64.3 Å². The van der Waals surface area contributed by atoms with Gasteiger partial charge < -0.3 is 15.8 Å². The molecule has 0 saturated carbocycles. The van der Waals surface area contributed by atoms with Crippen LogP contribution >= 0.6 is 12.4 Å². The maximum atomic E-state index is 11.8. The zero-order chi connectivity index (χ0) is 17.3. The number of unbranched alkanes of at least 4 members (excludes halogenated alkanes) is 1. The summed E-state index contributed by atoms with van der Waals surface area (Å²) in [6.45, 7) is 9.41. The molecule has 0 aliphatic heterocycles. The van der Waals surface area contributed by atoms with Gasteiger partial charge in [0.1, 0.15) is 5.75 Å². The Kier molecular flexibility index (Phi) is 10.7. The Morgan fingerprint density at radius 2 is 1.88 bits per heavy atom. The molecule has 4 nitrogen and oxygen atoms in total. The van der Waals surface area contributed by atoms with Crippen molar-refractivity contribution in [2.24, 2.45) is 5.73 Å². The smallest absolute Gasteiger partial charge is 0.220 e. The molecule has 1 amide bonds. The highest BCUT2D eigenvalue weighted by atomic mass is 35.5. The number of aryl methyl sites for hydroxylation is 2. The first-order valence-corrected chi connectivity index (χ1v) is 8.66. The van der Waals surface area contributed by atoms with Crippen molar-refractivity contribution >= 4 is 18.3 Å². The molecule has 138 valence electrons. The van der Waals surface area contributed by atoms with Crippen LogP contribution in [0.3, 0.4) is 0 Å². The summed E-state index contributed by atoms with van der Waals surface area (Å²) in [6.07, 6.45) is 3.96. The molecule has 0 atom stereocenters. The fourth-order valence-corrected chi connectivity index (χ4v) is 2.30. The van der Waals surface area contributed by atoms with Crippen molar-refractivity contribution in [1.29, 1.82) is 0 Å². The molecule has 0 saturated heterocycles. The first kappa shape index (κ1) is 22.7. The number of amides is 1. The quantitative estimate of drug-likeness (QED) is 0.625. The van der Waals surface area contributed by atoms with Gasteiger partial charge in [0.2, 0.25) is 5.91 Å². The summed E-state index contributed by atoms with van der Waals surface area (Å²) in [7, 11) is 0. The lowest BCUT2D eigenvalue weighted by atomic mass is 9.94. The van der Waals surface area contributed by atoms with Crippen molar-refractivity contribution in [1.82, 2.24) is 5.32 Å². The zero-order valence-corrected chi connectivity index (χ0v) is 16.3. The number of benzene rings is 1. The van der Waals surface area contributed by atoms with Gasteiger partial charge in [-0.05, 0) is 56.7 Å². The van der Waals surface area contributed by atoms with E-state index in [4.69, 9.17) is 10.5 Å². The van der Waals surface area contributed by atoms with E-state index in [9.17, 15) is 4.79 Å². The summed E-state index contributed by atoms with van der Waals surface area (Å²) in [5, 5.41) is 2.95. The predicted molar refractivity (Wildman–Crippen MR) is 103 cm³/mol. The van der Waals surface area contributed by atoms with Gasteiger partial charge in [0.15, 0.2) is 0 Å². The summed E-state index contributed by atoms with van der Waals surface area (Å²) in [4.78, 5) is 11.8. The number of halogens is 1. The minimum atomic E-state index is -0.276. The standard InChI is InChI=1S/C19H32N2O2.ClH/c1-5-19(20,6-2)14-21-18(22)9-7-8-12-23-17-13-15(3)10-11-16(17)4;/h10-11,13H,5-9,12,14,20H2,1-4H3,(H,21,22);1H. The van der Waals surface area contributed by atoms with Gasteiger partial charge in [-0.15, -0.1) is 12.4 Å². The second kappa shape index (κ2) is 11.3. The Labute approximate surface area is 152 Å². The van der Waals surface area contributed by atoms with Crippen LogP contribution in [0.25, 0.3) is 0 Å². The average Bonchev–Trinajstić information content (AvgIpc) is 2.55. The van der Waals surface area contributed by atoms with E-state index in [-0.39, 0.29) is 23.9 Å². The number of hydrogen-bond acceptors (Lipinski definition) is 3. The first-order chi connectivity index (χ1) is 10.9. The van der Waals surface area contributed by atoms with Crippen LogP contribution in [0.1, 0.15) is 57.1 Å². The van der Waals surface area contributed by atoms with Crippen molar-refractivity contribution < 1.29 is 9.53 Å². The SMILES string of the molecule is CCC(N)(CC)CNC(=O)CCCCOc1cc(C)ccc1C.Cl. The summed E-state index contributed by atoms with van der Waals surface area (Å²) < 4.78 is 5.80. The number of hydrogen-bond donors (Lipinski definition) is 2. The normalized spacial score (nSPS) is 10.9. The summed E-state index contributed by atoms with van der Waals surface area (Å²) in [6, 6.07) is 6.20. The highest BCUT2D eigenvalue weighted by molar-refractivity contribution is 5.85. The lowest BCUT2D eigenvalue weighted by Gasteiger charge is -2.26. The highest BCUT2D eigenvalue weighted by Gasteiger charge is 2.20. The van der Waals surface area contributed by atoms with E-state index in [0.717, 1.165) is 37.0 Å². The van der Waals surface area contributed by atoms with Crippen LogP contribution in [0.5, 0.6) is 5.75 Å². The molecule has 0 fully saturated rings. The van der Waals surface area contributed by atoms with Gasteiger partial charge in [-0.25, -0.2) is 0 Å². The van der Waals surface area contributed by atoms with Crippen molar-refractivity contribution in [3.05, 3.63) is 29.3 Å². The van der Waals surface area contributed by atoms with Crippen LogP contribution in [0, 0.1) is 13.8 Å². The lowest BCUT2D eigenvalue weighted by molar-refractivity contribution is -0.121. The highest BCUT2D eigenvalue weighted by Crippen LogP contribution is 2.19. The molecule has 0 aliphatic carbocycles. The Balaban J connectivity index is 0.00000529. The Bertz CT molecular complexity index is 502. The van der Waals surface area contributed by atoms with Gasteiger partial charge in [0.05, 0.1) is 6.61 Å². The molecule has 1 aromatic carbocycles. The van der Waals surface area contributed by atoms with Gasteiger partial charge >= 0.3 is 0 Å². The number of ether oxygens (including phenoxy) is 1. The van der Waals surface area contributed by atoms with Crippen molar-refractivity contribution in [3.8, 4) is 5.75 Å². The number of nitrogens with one attached hydrogen (secondary N) is 1. The molecule has 5 heteroatoms. The van der Waals surface area contributed by atoms with Crippen LogP contribution < -0.4 is 15.8 Å². The van der Waals surface area contributed by atoms with Crippen LogP contribution in [0.4, 0.5) is 0 Å². The minimum absolute atomic E-state index is 0. The third kappa shape index (κ3) is 8.02. The molecule has 0 heterocycles. The molecule has 0 radical (unpaired) electrons. The molecule has 0 aromatic heterocycles. The summed E-state index contributed by atoms with van der Waals surface area (Å²) in [5.41, 5.74) is 8.24. The molecule has 1 aromatic rings. The number of carbonyl (C=O) groups is 1. The van der Waals surface area contributed by atoms with Gasteiger partial charge in [-0.3, -0.25) is 4.79 Å². The third-order valence-corrected chi connectivity index (χ3v) is 4.45. The fourth-order valence-electron chi connectivity index (χ4n) is 2.30.